The molecule has 0 saturated heterocycles. The molecule has 2 heterocycles. The van der Waals surface area contributed by atoms with Gasteiger partial charge in [0.15, 0.2) is 5.82 Å². The molecule has 2 aromatic carbocycles. The highest BCUT2D eigenvalue weighted by molar-refractivity contribution is 6.06. The number of hydrogen-bond acceptors (Lipinski definition) is 4. The fraction of sp³-hybridized carbons (Fsp3) is 0.320. The van der Waals surface area contributed by atoms with E-state index in [2.05, 4.69) is 27.9 Å². The van der Waals surface area contributed by atoms with Gasteiger partial charge in [0.1, 0.15) is 11.3 Å². The minimum Gasteiger partial charge on any atom is -0.382 e. The van der Waals surface area contributed by atoms with E-state index in [0.29, 0.717) is 17.9 Å². The number of rotatable bonds is 9. The summed E-state index contributed by atoms with van der Waals surface area (Å²) in [5, 5.41) is 4.09. The van der Waals surface area contributed by atoms with Crippen LogP contribution in [0.25, 0.3) is 21.9 Å². The average Bonchev–Trinajstić information content (AvgIpc) is 3.17. The van der Waals surface area contributed by atoms with Gasteiger partial charge in [0.05, 0.1) is 11.0 Å². The van der Waals surface area contributed by atoms with Gasteiger partial charge in [-0.3, -0.25) is 4.79 Å². The smallest absolute Gasteiger partial charge is 0.251 e. The summed E-state index contributed by atoms with van der Waals surface area (Å²) in [6, 6.07) is 17.4. The zero-order chi connectivity index (χ0) is 21.6. The first-order valence-electron chi connectivity index (χ1n) is 11.1. The highest BCUT2D eigenvalue weighted by atomic mass is 16.1. The quantitative estimate of drug-likeness (QED) is 0.387. The number of aryl methyl sites for hydroxylation is 2. The van der Waals surface area contributed by atoms with Crippen molar-refractivity contribution in [2.45, 2.75) is 45.6 Å². The van der Waals surface area contributed by atoms with E-state index < -0.39 is 0 Å². The normalized spacial score (nSPS) is 11.3. The molecule has 0 unspecified atom stereocenters. The molecule has 0 aliphatic carbocycles. The van der Waals surface area contributed by atoms with E-state index >= 15 is 0 Å². The van der Waals surface area contributed by atoms with E-state index in [4.69, 9.17) is 10.7 Å². The lowest BCUT2D eigenvalue weighted by Gasteiger charge is -2.11. The van der Waals surface area contributed by atoms with Crippen molar-refractivity contribution in [2.75, 3.05) is 12.3 Å². The van der Waals surface area contributed by atoms with Crippen LogP contribution in [0.15, 0.2) is 54.6 Å². The lowest BCUT2D eigenvalue weighted by atomic mass is 10.1. The van der Waals surface area contributed by atoms with Crippen LogP contribution in [-0.4, -0.2) is 27.0 Å². The number of unbranched alkanes of at least 4 members (excludes halogenated alkanes) is 2. The molecule has 0 aliphatic heterocycles. The number of aromatic nitrogens is 3. The zero-order valence-corrected chi connectivity index (χ0v) is 18.0. The van der Waals surface area contributed by atoms with Gasteiger partial charge < -0.3 is 15.6 Å². The van der Waals surface area contributed by atoms with E-state index in [1.165, 1.54) is 0 Å². The zero-order valence-electron chi connectivity index (χ0n) is 18.0. The average molecular weight is 416 g/mol. The third kappa shape index (κ3) is 4.53. The minimum absolute atomic E-state index is 0.0258. The van der Waals surface area contributed by atoms with Gasteiger partial charge >= 0.3 is 0 Å². The molecule has 0 atom stereocenters. The largest absolute Gasteiger partial charge is 0.382 e. The van der Waals surface area contributed by atoms with Crippen LogP contribution < -0.4 is 11.1 Å². The fourth-order valence-electron chi connectivity index (χ4n) is 3.96. The molecule has 160 valence electrons. The van der Waals surface area contributed by atoms with Crippen molar-refractivity contribution in [1.29, 1.82) is 0 Å². The summed E-state index contributed by atoms with van der Waals surface area (Å²) in [5.74, 6) is 1.53. The first kappa shape index (κ1) is 20.8. The Kier molecular flexibility index (Phi) is 6.46. The summed E-state index contributed by atoms with van der Waals surface area (Å²) in [7, 11) is 0. The first-order chi connectivity index (χ1) is 15.2. The van der Waals surface area contributed by atoms with Gasteiger partial charge in [0.25, 0.3) is 5.91 Å². The molecule has 0 bridgehead atoms. The van der Waals surface area contributed by atoms with Gasteiger partial charge in [0, 0.05) is 30.5 Å². The van der Waals surface area contributed by atoms with Crippen molar-refractivity contribution in [3.05, 3.63) is 66.0 Å². The second-order valence-corrected chi connectivity index (χ2v) is 7.82. The number of benzene rings is 2. The number of nitrogens with one attached hydrogen (secondary N) is 1. The Morgan fingerprint density at radius 2 is 1.77 bits per heavy atom. The van der Waals surface area contributed by atoms with Gasteiger partial charge in [-0.2, -0.15) is 0 Å². The molecule has 6 nitrogen and oxygen atoms in total. The van der Waals surface area contributed by atoms with Crippen LogP contribution in [0.1, 0.15) is 48.8 Å². The lowest BCUT2D eigenvalue weighted by Crippen LogP contribution is -2.24. The predicted octanol–water partition coefficient (Wildman–Crippen LogP) is 4.72. The minimum atomic E-state index is -0.0258. The van der Waals surface area contributed by atoms with Crippen molar-refractivity contribution in [2.24, 2.45) is 0 Å². The van der Waals surface area contributed by atoms with Gasteiger partial charge in [0.2, 0.25) is 0 Å². The molecule has 1 amide bonds. The Morgan fingerprint density at radius 1 is 1.00 bits per heavy atom. The number of nitrogens with two attached hydrogens (primary N) is 1. The van der Waals surface area contributed by atoms with Gasteiger partial charge in [-0.25, -0.2) is 9.97 Å². The SMILES string of the molecule is CCCCc1nc2c(N)nc3ccccc3c2n1CCCCNC(=O)c1ccccc1. The second kappa shape index (κ2) is 9.60. The molecule has 4 aromatic rings. The van der Waals surface area contributed by atoms with Crippen LogP contribution in [0.3, 0.4) is 0 Å². The van der Waals surface area contributed by atoms with E-state index in [-0.39, 0.29) is 5.91 Å². The summed E-state index contributed by atoms with van der Waals surface area (Å²) in [6.45, 7) is 3.67. The van der Waals surface area contributed by atoms with Gasteiger partial charge in [-0.15, -0.1) is 0 Å². The second-order valence-electron chi connectivity index (χ2n) is 7.82. The van der Waals surface area contributed by atoms with Crippen LogP contribution in [0.5, 0.6) is 0 Å². The Hall–Kier alpha value is -3.41. The Balaban J connectivity index is 1.51. The van der Waals surface area contributed by atoms with Crippen molar-refractivity contribution in [3.63, 3.8) is 0 Å². The monoisotopic (exact) mass is 415 g/mol. The maximum atomic E-state index is 12.2. The predicted molar refractivity (Wildman–Crippen MR) is 126 cm³/mol. The standard InChI is InChI=1S/C25H29N5O/c1-2-3-15-21-29-22-23(19-13-7-8-14-20(19)28-24(22)26)30(21)17-10-9-16-27-25(31)18-11-5-4-6-12-18/h4-8,11-14H,2-3,9-10,15-17H2,1H3,(H2,26,28)(H,27,31). The number of pyridine rings is 1. The van der Waals surface area contributed by atoms with E-state index in [0.717, 1.165) is 66.4 Å². The number of fused-ring (bicyclic) bond motifs is 3. The van der Waals surface area contributed by atoms with Crippen LogP contribution in [0.4, 0.5) is 5.82 Å². The Morgan fingerprint density at radius 3 is 2.58 bits per heavy atom. The number of para-hydroxylation sites is 1. The number of imidazole rings is 1. The molecule has 0 aliphatic rings. The summed E-state index contributed by atoms with van der Waals surface area (Å²) in [5.41, 5.74) is 9.72. The van der Waals surface area contributed by atoms with Gasteiger partial charge in [-0.05, 0) is 37.5 Å². The van der Waals surface area contributed by atoms with Gasteiger partial charge in [-0.1, -0.05) is 49.7 Å². The van der Waals surface area contributed by atoms with Crippen molar-refractivity contribution in [3.8, 4) is 0 Å². The number of anilines is 1. The maximum Gasteiger partial charge on any atom is 0.251 e. The number of nitrogen functional groups attached to an aromatic ring is 1. The maximum absolute atomic E-state index is 12.2. The highest BCUT2D eigenvalue weighted by Crippen LogP contribution is 2.29. The molecule has 0 fully saturated rings. The fourth-order valence-corrected chi connectivity index (χ4v) is 3.96. The summed E-state index contributed by atoms with van der Waals surface area (Å²) < 4.78 is 2.31. The summed E-state index contributed by atoms with van der Waals surface area (Å²) in [4.78, 5) is 21.6. The van der Waals surface area contributed by atoms with Crippen molar-refractivity contribution < 1.29 is 4.79 Å². The third-order valence-corrected chi connectivity index (χ3v) is 5.57. The van der Waals surface area contributed by atoms with E-state index in [1.807, 2.05) is 48.5 Å². The molecule has 0 saturated carbocycles. The highest BCUT2D eigenvalue weighted by Gasteiger charge is 2.16. The molecule has 31 heavy (non-hydrogen) atoms. The third-order valence-electron chi connectivity index (χ3n) is 5.57. The molecule has 4 rings (SSSR count). The van der Waals surface area contributed by atoms with E-state index in [9.17, 15) is 4.79 Å². The first-order valence-corrected chi connectivity index (χ1v) is 11.1. The summed E-state index contributed by atoms with van der Waals surface area (Å²) in [6.07, 6.45) is 4.95. The molecule has 0 radical (unpaired) electrons. The molecule has 2 aromatic heterocycles. The van der Waals surface area contributed by atoms with Crippen LogP contribution in [0, 0.1) is 0 Å². The van der Waals surface area contributed by atoms with Crippen LogP contribution in [-0.2, 0) is 13.0 Å². The number of nitrogens with zero attached hydrogens (tertiary/aromatic N) is 3. The topological polar surface area (TPSA) is 85.8 Å². The lowest BCUT2D eigenvalue weighted by molar-refractivity contribution is 0.0953. The van der Waals surface area contributed by atoms with Crippen LogP contribution in [0.2, 0.25) is 0 Å². The van der Waals surface area contributed by atoms with E-state index in [1.54, 1.807) is 0 Å². The molecular formula is C25H29N5O. The summed E-state index contributed by atoms with van der Waals surface area (Å²) >= 11 is 0. The molecule has 6 heteroatoms. The number of carbonyl (C=O) groups is 1. The molecular weight excluding hydrogens is 386 g/mol. The molecule has 3 N–H and O–H groups in total. The number of carbonyl (C=O) groups excluding carboxylic acids is 1. The number of hydrogen-bond donors (Lipinski definition) is 2. The molecule has 0 spiro atoms. The van der Waals surface area contributed by atoms with Crippen LogP contribution >= 0.6 is 0 Å². The number of amides is 1. The Bertz CT molecular complexity index is 1180. The Labute approximate surface area is 182 Å². The van der Waals surface area contributed by atoms with Crippen molar-refractivity contribution in [1.82, 2.24) is 19.9 Å². The van der Waals surface area contributed by atoms with Crippen molar-refractivity contribution >= 4 is 33.7 Å².